The topological polar surface area (TPSA) is 66.4 Å². The third kappa shape index (κ3) is 4.26. The summed E-state index contributed by atoms with van der Waals surface area (Å²) in [6, 6.07) is 9.12. The molecule has 1 atom stereocenters. The SMILES string of the molecule is O=CCC(Cc1ccccc1)NC(=O)O. The maximum absolute atomic E-state index is 10.4. The lowest BCUT2D eigenvalue weighted by molar-refractivity contribution is -0.108. The lowest BCUT2D eigenvalue weighted by Gasteiger charge is -2.13. The van der Waals surface area contributed by atoms with Crippen molar-refractivity contribution in [1.82, 2.24) is 5.32 Å². The van der Waals surface area contributed by atoms with Crippen LogP contribution in [0.1, 0.15) is 12.0 Å². The molecule has 0 fully saturated rings. The summed E-state index contributed by atoms with van der Waals surface area (Å²) in [6.07, 6.45) is 0.356. The molecule has 0 aliphatic rings. The van der Waals surface area contributed by atoms with Crippen molar-refractivity contribution in [2.24, 2.45) is 0 Å². The molecule has 0 saturated carbocycles. The number of carbonyl (C=O) groups is 2. The quantitative estimate of drug-likeness (QED) is 0.718. The lowest BCUT2D eigenvalue weighted by Crippen LogP contribution is -2.35. The Morgan fingerprint density at radius 3 is 2.60 bits per heavy atom. The Labute approximate surface area is 87.9 Å². The molecule has 0 radical (unpaired) electrons. The van der Waals surface area contributed by atoms with E-state index in [2.05, 4.69) is 5.32 Å². The first-order valence-electron chi connectivity index (χ1n) is 4.69. The number of hydrogen-bond acceptors (Lipinski definition) is 2. The fraction of sp³-hybridized carbons (Fsp3) is 0.273. The first-order valence-corrected chi connectivity index (χ1v) is 4.69. The van der Waals surface area contributed by atoms with Gasteiger partial charge in [0.25, 0.3) is 0 Å². The van der Waals surface area contributed by atoms with Crippen LogP contribution in [0.4, 0.5) is 4.79 Å². The van der Waals surface area contributed by atoms with Crippen LogP contribution in [0.5, 0.6) is 0 Å². The van der Waals surface area contributed by atoms with Gasteiger partial charge in [-0.1, -0.05) is 30.3 Å². The van der Waals surface area contributed by atoms with Gasteiger partial charge < -0.3 is 15.2 Å². The van der Waals surface area contributed by atoms with Gasteiger partial charge >= 0.3 is 6.09 Å². The van der Waals surface area contributed by atoms with Crippen molar-refractivity contribution >= 4 is 12.4 Å². The van der Waals surface area contributed by atoms with E-state index in [0.717, 1.165) is 11.8 Å². The molecule has 15 heavy (non-hydrogen) atoms. The second-order valence-corrected chi connectivity index (χ2v) is 3.24. The fourth-order valence-electron chi connectivity index (χ4n) is 1.38. The van der Waals surface area contributed by atoms with Crippen LogP contribution >= 0.6 is 0 Å². The molecule has 4 heteroatoms. The minimum absolute atomic E-state index is 0.196. The predicted octanol–water partition coefficient (Wildman–Crippen LogP) is 1.45. The number of carboxylic acid groups (broad SMARTS) is 1. The van der Waals surface area contributed by atoms with Crippen LogP contribution in [0.3, 0.4) is 0 Å². The molecule has 1 aromatic carbocycles. The molecule has 4 nitrogen and oxygen atoms in total. The van der Waals surface area contributed by atoms with Crippen LogP contribution in [0.25, 0.3) is 0 Å². The van der Waals surface area contributed by atoms with Crippen molar-refractivity contribution in [3.63, 3.8) is 0 Å². The molecule has 0 saturated heterocycles. The highest BCUT2D eigenvalue weighted by atomic mass is 16.4. The van der Waals surface area contributed by atoms with Crippen LogP contribution in [-0.2, 0) is 11.2 Å². The molecule has 1 amide bonds. The summed E-state index contributed by atoms with van der Waals surface area (Å²) in [5.74, 6) is 0. The maximum Gasteiger partial charge on any atom is 0.404 e. The molecule has 0 aliphatic carbocycles. The molecule has 1 aromatic rings. The average Bonchev–Trinajstić information content (AvgIpc) is 2.18. The minimum Gasteiger partial charge on any atom is -0.465 e. The minimum atomic E-state index is -1.10. The van der Waals surface area contributed by atoms with Gasteiger partial charge in [-0.05, 0) is 12.0 Å². The second-order valence-electron chi connectivity index (χ2n) is 3.24. The van der Waals surface area contributed by atoms with E-state index in [1.807, 2.05) is 30.3 Å². The van der Waals surface area contributed by atoms with Gasteiger partial charge in [0, 0.05) is 12.5 Å². The van der Waals surface area contributed by atoms with Crippen molar-refractivity contribution in [2.75, 3.05) is 0 Å². The number of aldehydes is 1. The number of amides is 1. The summed E-state index contributed by atoms with van der Waals surface area (Å²) in [5.41, 5.74) is 1.01. The number of benzene rings is 1. The number of hydrogen-bond donors (Lipinski definition) is 2. The highest BCUT2D eigenvalue weighted by Crippen LogP contribution is 2.04. The monoisotopic (exact) mass is 207 g/mol. The second kappa shape index (κ2) is 5.80. The van der Waals surface area contributed by atoms with Crippen LogP contribution < -0.4 is 5.32 Å². The predicted molar refractivity (Wildman–Crippen MR) is 55.8 cm³/mol. The third-order valence-electron chi connectivity index (χ3n) is 2.03. The smallest absolute Gasteiger partial charge is 0.404 e. The van der Waals surface area contributed by atoms with Crippen molar-refractivity contribution in [3.05, 3.63) is 35.9 Å². The zero-order valence-corrected chi connectivity index (χ0v) is 8.22. The molecule has 0 aromatic heterocycles. The van der Waals surface area contributed by atoms with Gasteiger partial charge in [-0.3, -0.25) is 0 Å². The Morgan fingerprint density at radius 2 is 2.07 bits per heavy atom. The van der Waals surface area contributed by atoms with E-state index in [0.29, 0.717) is 6.42 Å². The third-order valence-corrected chi connectivity index (χ3v) is 2.03. The average molecular weight is 207 g/mol. The van der Waals surface area contributed by atoms with E-state index in [-0.39, 0.29) is 12.5 Å². The van der Waals surface area contributed by atoms with Gasteiger partial charge in [0.2, 0.25) is 0 Å². The van der Waals surface area contributed by atoms with Crippen LogP contribution in [0, 0.1) is 0 Å². The van der Waals surface area contributed by atoms with Crippen molar-refractivity contribution in [3.8, 4) is 0 Å². The summed E-state index contributed by atoms with van der Waals surface area (Å²) in [4.78, 5) is 20.8. The van der Waals surface area contributed by atoms with Gasteiger partial charge in [0.1, 0.15) is 6.29 Å². The summed E-state index contributed by atoms with van der Waals surface area (Å²) >= 11 is 0. The van der Waals surface area contributed by atoms with Gasteiger partial charge in [-0.25, -0.2) is 4.79 Å². The summed E-state index contributed by atoms with van der Waals surface area (Å²) in [7, 11) is 0. The molecular formula is C11H13NO3. The van der Waals surface area contributed by atoms with E-state index in [4.69, 9.17) is 5.11 Å². The summed E-state index contributed by atoms with van der Waals surface area (Å²) in [5, 5.41) is 10.9. The summed E-state index contributed by atoms with van der Waals surface area (Å²) in [6.45, 7) is 0. The zero-order valence-electron chi connectivity index (χ0n) is 8.22. The van der Waals surface area contributed by atoms with Gasteiger partial charge in [-0.2, -0.15) is 0 Å². The molecule has 0 aliphatic heterocycles. The van der Waals surface area contributed by atoms with Gasteiger partial charge in [-0.15, -0.1) is 0 Å². The fourth-order valence-corrected chi connectivity index (χ4v) is 1.38. The highest BCUT2D eigenvalue weighted by molar-refractivity contribution is 5.65. The Kier molecular flexibility index (Phi) is 4.34. The van der Waals surface area contributed by atoms with Crippen LogP contribution in [-0.4, -0.2) is 23.5 Å². The molecule has 1 unspecified atom stereocenters. The lowest BCUT2D eigenvalue weighted by atomic mass is 10.0. The van der Waals surface area contributed by atoms with E-state index in [1.165, 1.54) is 0 Å². The normalized spacial score (nSPS) is 11.7. The number of nitrogens with one attached hydrogen (secondary N) is 1. The molecular weight excluding hydrogens is 194 g/mol. The molecule has 2 N–H and O–H groups in total. The maximum atomic E-state index is 10.4. The van der Waals surface area contributed by atoms with E-state index >= 15 is 0 Å². The van der Waals surface area contributed by atoms with Crippen LogP contribution in [0.15, 0.2) is 30.3 Å². The van der Waals surface area contributed by atoms with Gasteiger partial charge in [0.05, 0.1) is 0 Å². The molecule has 0 bridgehead atoms. The molecule has 0 heterocycles. The summed E-state index contributed by atoms with van der Waals surface area (Å²) < 4.78 is 0. The van der Waals surface area contributed by atoms with Crippen molar-refractivity contribution in [2.45, 2.75) is 18.9 Å². The van der Waals surface area contributed by atoms with E-state index in [1.54, 1.807) is 0 Å². The first kappa shape index (κ1) is 11.2. The zero-order chi connectivity index (χ0) is 11.1. The molecule has 1 rings (SSSR count). The van der Waals surface area contributed by atoms with E-state index in [9.17, 15) is 9.59 Å². The van der Waals surface area contributed by atoms with Crippen molar-refractivity contribution < 1.29 is 14.7 Å². The van der Waals surface area contributed by atoms with Crippen molar-refractivity contribution in [1.29, 1.82) is 0 Å². The molecule has 80 valence electrons. The number of carbonyl (C=O) groups excluding carboxylic acids is 1. The first-order chi connectivity index (χ1) is 7.22. The van der Waals surface area contributed by atoms with Gasteiger partial charge in [0.15, 0.2) is 0 Å². The van der Waals surface area contributed by atoms with E-state index < -0.39 is 6.09 Å². The Bertz CT molecular complexity index is 324. The highest BCUT2D eigenvalue weighted by Gasteiger charge is 2.11. The largest absolute Gasteiger partial charge is 0.465 e. The number of rotatable bonds is 5. The Balaban J connectivity index is 2.58. The van der Waals surface area contributed by atoms with Crippen LogP contribution in [0.2, 0.25) is 0 Å². The Morgan fingerprint density at radius 1 is 1.40 bits per heavy atom. The standard InChI is InChI=1S/C11H13NO3/c13-7-6-10(12-11(14)15)8-9-4-2-1-3-5-9/h1-5,7,10,12H,6,8H2,(H,14,15). The molecule has 0 spiro atoms. The Hall–Kier alpha value is -1.84.